The molecule has 0 aromatic rings. The minimum atomic E-state index is -3.15. The highest BCUT2D eigenvalue weighted by Crippen LogP contribution is 2.35. The second-order valence-electron chi connectivity index (χ2n) is 6.82. The van der Waals surface area contributed by atoms with Gasteiger partial charge in [-0.1, -0.05) is 6.42 Å². The molecule has 7 heteroatoms. The number of carboxylic acid groups (broad SMARTS) is 1. The lowest BCUT2D eigenvalue weighted by Gasteiger charge is -2.35. The summed E-state index contributed by atoms with van der Waals surface area (Å²) in [4.78, 5) is 25.7. The van der Waals surface area contributed by atoms with E-state index in [2.05, 4.69) is 0 Å². The first-order valence-corrected chi connectivity index (χ1v) is 9.98. The Bertz CT molecular complexity index is 540. The number of nitrogens with zero attached hydrogens (tertiary/aromatic N) is 1. The van der Waals surface area contributed by atoms with Crippen molar-refractivity contribution in [2.45, 2.75) is 57.5 Å². The molecule has 0 aromatic heterocycles. The number of hydrogen-bond donors (Lipinski definition) is 1. The molecule has 2 aliphatic rings. The van der Waals surface area contributed by atoms with E-state index in [0.29, 0.717) is 19.3 Å². The van der Waals surface area contributed by atoms with E-state index in [-0.39, 0.29) is 29.7 Å². The first kappa shape index (κ1) is 17.2. The summed E-state index contributed by atoms with van der Waals surface area (Å²) in [6.45, 7) is 1.77. The number of carboxylic acids is 1. The summed E-state index contributed by atoms with van der Waals surface area (Å²) in [6.07, 6.45) is 5.46. The third-order valence-electron chi connectivity index (χ3n) is 4.59. The van der Waals surface area contributed by atoms with Gasteiger partial charge < -0.3 is 10.0 Å². The molecule has 22 heavy (non-hydrogen) atoms. The standard InChI is InChI=1S/C15H25NO5S/c1-10(9-22(2,20)21)16(13-6-7-13)14(17)11-4-3-5-12(8-11)15(18)19/h10-13H,3-9H2,1-2H3,(H,18,19). The van der Waals surface area contributed by atoms with Crippen molar-refractivity contribution >= 4 is 21.7 Å². The number of sulfone groups is 1. The summed E-state index contributed by atoms with van der Waals surface area (Å²) >= 11 is 0. The Hall–Kier alpha value is -1.11. The molecule has 2 rings (SSSR count). The van der Waals surface area contributed by atoms with E-state index in [0.717, 1.165) is 19.3 Å². The van der Waals surface area contributed by atoms with Crippen molar-refractivity contribution in [2.75, 3.05) is 12.0 Å². The normalized spacial score (nSPS) is 27.2. The Morgan fingerprint density at radius 1 is 1.18 bits per heavy atom. The van der Waals surface area contributed by atoms with Gasteiger partial charge in [0.05, 0.1) is 11.7 Å². The number of carbonyl (C=O) groups is 2. The van der Waals surface area contributed by atoms with Crippen LogP contribution in [0.4, 0.5) is 0 Å². The highest BCUT2D eigenvalue weighted by molar-refractivity contribution is 7.90. The minimum absolute atomic E-state index is 0.0374. The number of amides is 1. The van der Waals surface area contributed by atoms with Gasteiger partial charge in [0.25, 0.3) is 0 Å². The van der Waals surface area contributed by atoms with Gasteiger partial charge in [0.1, 0.15) is 9.84 Å². The van der Waals surface area contributed by atoms with Crippen molar-refractivity contribution in [3.8, 4) is 0 Å². The lowest BCUT2D eigenvalue weighted by Crippen LogP contribution is -2.47. The molecule has 0 heterocycles. The van der Waals surface area contributed by atoms with Crippen LogP contribution in [0.2, 0.25) is 0 Å². The van der Waals surface area contributed by atoms with E-state index in [1.165, 1.54) is 6.26 Å². The topological polar surface area (TPSA) is 91.8 Å². The summed E-state index contributed by atoms with van der Waals surface area (Å²) in [5, 5.41) is 9.16. The zero-order valence-corrected chi connectivity index (χ0v) is 14.0. The molecule has 2 saturated carbocycles. The molecular formula is C15H25NO5S. The van der Waals surface area contributed by atoms with Crippen LogP contribution >= 0.6 is 0 Å². The van der Waals surface area contributed by atoms with Crippen LogP contribution in [-0.4, -0.2) is 54.4 Å². The van der Waals surface area contributed by atoms with Crippen LogP contribution in [0.3, 0.4) is 0 Å². The molecule has 0 saturated heterocycles. The third-order valence-corrected chi connectivity index (χ3v) is 5.67. The van der Waals surface area contributed by atoms with Crippen molar-refractivity contribution in [2.24, 2.45) is 11.8 Å². The first-order valence-electron chi connectivity index (χ1n) is 7.91. The molecule has 0 aromatic carbocycles. The van der Waals surface area contributed by atoms with Crippen LogP contribution < -0.4 is 0 Å². The molecule has 0 aliphatic heterocycles. The summed E-state index contributed by atoms with van der Waals surface area (Å²) < 4.78 is 23.0. The molecule has 2 fully saturated rings. The Balaban J connectivity index is 2.08. The van der Waals surface area contributed by atoms with E-state index in [1.807, 2.05) is 0 Å². The molecule has 126 valence electrons. The van der Waals surface area contributed by atoms with Crippen LogP contribution in [0.1, 0.15) is 45.4 Å². The molecule has 3 unspecified atom stereocenters. The van der Waals surface area contributed by atoms with Gasteiger partial charge in [-0.05, 0) is 39.0 Å². The minimum Gasteiger partial charge on any atom is -0.481 e. The second kappa shape index (κ2) is 6.56. The van der Waals surface area contributed by atoms with E-state index < -0.39 is 21.7 Å². The van der Waals surface area contributed by atoms with Gasteiger partial charge in [0.2, 0.25) is 5.91 Å². The summed E-state index contributed by atoms with van der Waals surface area (Å²) in [5.74, 6) is -1.65. The first-order chi connectivity index (χ1) is 10.2. The molecule has 1 amide bonds. The van der Waals surface area contributed by atoms with E-state index in [1.54, 1.807) is 11.8 Å². The Morgan fingerprint density at radius 2 is 1.77 bits per heavy atom. The summed E-state index contributed by atoms with van der Waals surface area (Å²) in [5.41, 5.74) is 0. The van der Waals surface area contributed by atoms with Crippen molar-refractivity contribution in [1.82, 2.24) is 4.90 Å². The number of hydrogen-bond acceptors (Lipinski definition) is 4. The maximum atomic E-state index is 12.8. The van der Waals surface area contributed by atoms with E-state index >= 15 is 0 Å². The number of rotatable bonds is 6. The molecule has 6 nitrogen and oxygen atoms in total. The average molecular weight is 331 g/mol. The smallest absolute Gasteiger partial charge is 0.306 e. The second-order valence-corrected chi connectivity index (χ2v) is 9.00. The van der Waals surface area contributed by atoms with E-state index in [9.17, 15) is 18.0 Å². The van der Waals surface area contributed by atoms with Gasteiger partial charge in [0.15, 0.2) is 0 Å². The van der Waals surface area contributed by atoms with E-state index in [4.69, 9.17) is 5.11 Å². The fourth-order valence-corrected chi connectivity index (χ4v) is 4.51. The summed E-state index contributed by atoms with van der Waals surface area (Å²) in [7, 11) is -3.15. The van der Waals surface area contributed by atoms with Crippen LogP contribution in [0.15, 0.2) is 0 Å². The highest BCUT2D eigenvalue weighted by atomic mass is 32.2. The molecule has 0 spiro atoms. The maximum Gasteiger partial charge on any atom is 0.306 e. The van der Waals surface area contributed by atoms with Crippen molar-refractivity contribution in [3.63, 3.8) is 0 Å². The van der Waals surface area contributed by atoms with Gasteiger partial charge >= 0.3 is 5.97 Å². The lowest BCUT2D eigenvalue weighted by atomic mass is 9.80. The number of carbonyl (C=O) groups excluding carboxylic acids is 1. The fraction of sp³-hybridized carbons (Fsp3) is 0.867. The zero-order chi connectivity index (χ0) is 16.5. The Kier molecular flexibility index (Phi) is 5.14. The Labute approximate surface area is 131 Å². The third kappa shape index (κ3) is 4.44. The Morgan fingerprint density at radius 3 is 2.27 bits per heavy atom. The molecule has 1 N–H and O–H groups in total. The van der Waals surface area contributed by atoms with Crippen molar-refractivity contribution in [3.05, 3.63) is 0 Å². The SMILES string of the molecule is CC(CS(C)(=O)=O)N(C(=O)C1CCCC(C(=O)O)C1)C1CC1. The molecule has 0 bridgehead atoms. The number of aliphatic carboxylic acids is 1. The lowest BCUT2D eigenvalue weighted by molar-refractivity contribution is -0.146. The fourth-order valence-electron chi connectivity index (χ4n) is 3.48. The summed E-state index contributed by atoms with van der Waals surface area (Å²) in [6, 6.07) is -0.213. The van der Waals surface area contributed by atoms with Crippen molar-refractivity contribution < 1.29 is 23.1 Å². The van der Waals surface area contributed by atoms with Crippen molar-refractivity contribution in [1.29, 1.82) is 0 Å². The van der Waals surface area contributed by atoms with Crippen LogP contribution in [0.5, 0.6) is 0 Å². The maximum absolute atomic E-state index is 12.8. The monoisotopic (exact) mass is 331 g/mol. The molecule has 3 atom stereocenters. The highest BCUT2D eigenvalue weighted by Gasteiger charge is 2.41. The molecule has 0 radical (unpaired) electrons. The molecule has 2 aliphatic carbocycles. The van der Waals surface area contributed by atoms with Gasteiger partial charge in [-0.3, -0.25) is 9.59 Å². The van der Waals surface area contributed by atoms with Crippen LogP contribution in [0, 0.1) is 11.8 Å². The van der Waals surface area contributed by atoms with Gasteiger partial charge in [0, 0.05) is 24.3 Å². The van der Waals surface area contributed by atoms with Gasteiger partial charge in [-0.2, -0.15) is 0 Å². The average Bonchev–Trinajstić information content (AvgIpc) is 3.21. The van der Waals surface area contributed by atoms with Crippen LogP contribution in [0.25, 0.3) is 0 Å². The predicted molar refractivity (Wildman–Crippen MR) is 82.1 cm³/mol. The van der Waals surface area contributed by atoms with Gasteiger partial charge in [-0.15, -0.1) is 0 Å². The predicted octanol–water partition coefficient (Wildman–Crippen LogP) is 1.30. The zero-order valence-electron chi connectivity index (χ0n) is 13.2. The quantitative estimate of drug-likeness (QED) is 0.792. The molecular weight excluding hydrogens is 306 g/mol. The largest absolute Gasteiger partial charge is 0.481 e. The van der Waals surface area contributed by atoms with Crippen LogP contribution in [-0.2, 0) is 19.4 Å². The van der Waals surface area contributed by atoms with Gasteiger partial charge in [-0.25, -0.2) is 8.42 Å².